The van der Waals surface area contributed by atoms with Gasteiger partial charge in [-0.3, -0.25) is 4.90 Å². The van der Waals surface area contributed by atoms with Gasteiger partial charge in [0.1, 0.15) is 5.60 Å². The first-order chi connectivity index (χ1) is 8.89. The quantitative estimate of drug-likeness (QED) is 0.766. The average molecular weight is 270 g/mol. The standard InChI is InChI=1S/C14H26N2O3/c1-14(2,3)19-13(17)15-7-5-11(6-8-15)16-9-12(10-16)18-4/h11-12H,5-10H2,1-4H3. The third kappa shape index (κ3) is 3.83. The van der Waals surface area contributed by atoms with E-state index >= 15 is 0 Å². The number of nitrogens with zero attached hydrogens (tertiary/aromatic N) is 2. The molecule has 2 aliphatic heterocycles. The zero-order valence-corrected chi connectivity index (χ0v) is 12.5. The maximum atomic E-state index is 11.9. The molecule has 0 saturated carbocycles. The first-order valence-electron chi connectivity index (χ1n) is 7.14. The molecule has 0 atom stereocenters. The highest BCUT2D eigenvalue weighted by atomic mass is 16.6. The number of hydrogen-bond acceptors (Lipinski definition) is 4. The average Bonchev–Trinajstić information content (AvgIpc) is 2.26. The second kappa shape index (κ2) is 5.67. The summed E-state index contributed by atoms with van der Waals surface area (Å²) in [5.41, 5.74) is -0.406. The Kier molecular flexibility index (Phi) is 4.36. The maximum Gasteiger partial charge on any atom is 0.410 e. The minimum Gasteiger partial charge on any atom is -0.444 e. The number of amides is 1. The molecule has 0 bridgehead atoms. The van der Waals surface area contributed by atoms with Crippen LogP contribution in [0.3, 0.4) is 0 Å². The van der Waals surface area contributed by atoms with Crippen molar-refractivity contribution in [3.8, 4) is 0 Å². The topological polar surface area (TPSA) is 42.0 Å². The Labute approximate surface area is 115 Å². The Morgan fingerprint density at radius 3 is 2.21 bits per heavy atom. The number of piperidine rings is 1. The van der Waals surface area contributed by atoms with Crippen LogP contribution in [0.1, 0.15) is 33.6 Å². The zero-order valence-electron chi connectivity index (χ0n) is 12.5. The van der Waals surface area contributed by atoms with Crippen molar-refractivity contribution >= 4 is 6.09 Å². The number of rotatable bonds is 2. The third-order valence-electron chi connectivity index (χ3n) is 3.84. The predicted octanol–water partition coefficient (Wildman–Crippen LogP) is 1.72. The van der Waals surface area contributed by atoms with Gasteiger partial charge in [-0.1, -0.05) is 0 Å². The van der Waals surface area contributed by atoms with E-state index in [0.717, 1.165) is 39.0 Å². The van der Waals surface area contributed by atoms with Gasteiger partial charge in [-0.2, -0.15) is 0 Å². The van der Waals surface area contributed by atoms with Gasteiger partial charge in [0, 0.05) is 39.3 Å². The van der Waals surface area contributed by atoms with Crippen LogP contribution >= 0.6 is 0 Å². The third-order valence-corrected chi connectivity index (χ3v) is 3.84. The fourth-order valence-electron chi connectivity index (χ4n) is 2.66. The Balaban J connectivity index is 1.72. The summed E-state index contributed by atoms with van der Waals surface area (Å²) in [5, 5.41) is 0. The lowest BCUT2D eigenvalue weighted by molar-refractivity contribution is -0.0626. The Hall–Kier alpha value is -0.810. The van der Waals surface area contributed by atoms with Crippen molar-refractivity contribution in [2.24, 2.45) is 0 Å². The second-order valence-corrected chi connectivity index (χ2v) is 6.51. The molecule has 0 spiro atoms. The lowest BCUT2D eigenvalue weighted by Gasteiger charge is -2.46. The van der Waals surface area contributed by atoms with Crippen molar-refractivity contribution in [2.75, 3.05) is 33.3 Å². The molecular formula is C14H26N2O3. The molecule has 19 heavy (non-hydrogen) atoms. The van der Waals surface area contributed by atoms with Crippen molar-refractivity contribution < 1.29 is 14.3 Å². The Morgan fingerprint density at radius 1 is 1.16 bits per heavy atom. The minimum absolute atomic E-state index is 0.177. The van der Waals surface area contributed by atoms with Crippen LogP contribution in [0.25, 0.3) is 0 Å². The molecule has 2 rings (SSSR count). The van der Waals surface area contributed by atoms with Gasteiger partial charge in [-0.25, -0.2) is 4.79 Å². The molecule has 0 radical (unpaired) electrons. The van der Waals surface area contributed by atoms with Crippen LogP contribution in [-0.4, -0.2) is 66.9 Å². The maximum absolute atomic E-state index is 11.9. The summed E-state index contributed by atoms with van der Waals surface area (Å²) >= 11 is 0. The first kappa shape index (κ1) is 14.6. The summed E-state index contributed by atoms with van der Waals surface area (Å²) in [6, 6.07) is 0.602. The smallest absolute Gasteiger partial charge is 0.410 e. The number of methoxy groups -OCH3 is 1. The highest BCUT2D eigenvalue weighted by molar-refractivity contribution is 5.68. The van der Waals surface area contributed by atoms with Crippen LogP contribution in [0.4, 0.5) is 4.79 Å². The molecule has 5 heteroatoms. The van der Waals surface area contributed by atoms with Gasteiger partial charge < -0.3 is 14.4 Å². The summed E-state index contributed by atoms with van der Waals surface area (Å²) in [7, 11) is 1.77. The molecule has 0 aromatic heterocycles. The van der Waals surface area contributed by atoms with E-state index in [2.05, 4.69) is 4.90 Å². The summed E-state index contributed by atoms with van der Waals surface area (Å²) in [6.45, 7) is 9.39. The van der Waals surface area contributed by atoms with Gasteiger partial charge in [0.25, 0.3) is 0 Å². The van der Waals surface area contributed by atoms with Crippen LogP contribution < -0.4 is 0 Å². The molecule has 1 amide bonds. The molecular weight excluding hydrogens is 244 g/mol. The van der Waals surface area contributed by atoms with Crippen molar-refractivity contribution in [3.63, 3.8) is 0 Å². The van der Waals surface area contributed by atoms with Gasteiger partial charge in [-0.05, 0) is 33.6 Å². The largest absolute Gasteiger partial charge is 0.444 e. The molecule has 2 saturated heterocycles. The number of hydrogen-bond donors (Lipinski definition) is 0. The Morgan fingerprint density at radius 2 is 1.74 bits per heavy atom. The zero-order chi connectivity index (χ0) is 14.0. The molecule has 2 aliphatic rings. The van der Waals surface area contributed by atoms with E-state index in [1.807, 2.05) is 25.7 Å². The summed E-state index contributed by atoms with van der Waals surface area (Å²) in [6.07, 6.45) is 2.30. The van der Waals surface area contributed by atoms with Gasteiger partial charge in [-0.15, -0.1) is 0 Å². The SMILES string of the molecule is COC1CN(C2CCN(C(=O)OC(C)(C)C)CC2)C1. The van der Waals surface area contributed by atoms with Gasteiger partial charge in [0.2, 0.25) is 0 Å². The van der Waals surface area contributed by atoms with Crippen LogP contribution in [0.5, 0.6) is 0 Å². The molecule has 0 N–H and O–H groups in total. The lowest BCUT2D eigenvalue weighted by Crippen LogP contribution is -2.58. The molecule has 0 aromatic carbocycles. The van der Waals surface area contributed by atoms with E-state index in [0.29, 0.717) is 12.1 Å². The molecule has 2 heterocycles. The predicted molar refractivity (Wildman–Crippen MR) is 73.2 cm³/mol. The highest BCUT2D eigenvalue weighted by Gasteiger charge is 2.35. The molecule has 0 aromatic rings. The summed E-state index contributed by atoms with van der Waals surface area (Å²) in [4.78, 5) is 16.2. The van der Waals surface area contributed by atoms with Crippen molar-refractivity contribution in [2.45, 2.75) is 51.4 Å². The summed E-state index contributed by atoms with van der Waals surface area (Å²) < 4.78 is 10.7. The van der Waals surface area contributed by atoms with Crippen molar-refractivity contribution in [1.29, 1.82) is 0 Å². The van der Waals surface area contributed by atoms with E-state index in [4.69, 9.17) is 9.47 Å². The monoisotopic (exact) mass is 270 g/mol. The Bertz CT molecular complexity index is 313. The second-order valence-electron chi connectivity index (χ2n) is 6.51. The van der Waals surface area contributed by atoms with E-state index in [9.17, 15) is 4.79 Å². The number of ether oxygens (including phenoxy) is 2. The van der Waals surface area contributed by atoms with Crippen LogP contribution in [0.2, 0.25) is 0 Å². The molecule has 2 fully saturated rings. The van der Waals surface area contributed by atoms with Crippen LogP contribution in [0, 0.1) is 0 Å². The fraction of sp³-hybridized carbons (Fsp3) is 0.929. The number of carbonyl (C=O) groups excluding carboxylic acids is 1. The van der Waals surface area contributed by atoms with Crippen molar-refractivity contribution in [3.05, 3.63) is 0 Å². The minimum atomic E-state index is -0.406. The fourth-order valence-corrected chi connectivity index (χ4v) is 2.66. The first-order valence-corrected chi connectivity index (χ1v) is 7.14. The van der Waals surface area contributed by atoms with E-state index < -0.39 is 5.60 Å². The number of likely N-dealkylation sites (tertiary alicyclic amines) is 2. The van der Waals surface area contributed by atoms with E-state index in [-0.39, 0.29) is 6.09 Å². The normalized spacial score (nSPS) is 23.3. The molecule has 110 valence electrons. The van der Waals surface area contributed by atoms with E-state index in [1.54, 1.807) is 7.11 Å². The number of carbonyl (C=O) groups is 1. The van der Waals surface area contributed by atoms with Crippen molar-refractivity contribution in [1.82, 2.24) is 9.80 Å². The molecule has 0 aliphatic carbocycles. The highest BCUT2D eigenvalue weighted by Crippen LogP contribution is 2.23. The van der Waals surface area contributed by atoms with Gasteiger partial charge in [0.05, 0.1) is 6.10 Å². The van der Waals surface area contributed by atoms with E-state index in [1.165, 1.54) is 0 Å². The molecule has 5 nitrogen and oxygen atoms in total. The van der Waals surface area contributed by atoms with Gasteiger partial charge >= 0.3 is 6.09 Å². The van der Waals surface area contributed by atoms with Crippen LogP contribution in [-0.2, 0) is 9.47 Å². The van der Waals surface area contributed by atoms with Crippen LogP contribution in [0.15, 0.2) is 0 Å². The molecule has 0 unspecified atom stereocenters. The lowest BCUT2D eigenvalue weighted by atomic mass is 9.99. The van der Waals surface area contributed by atoms with Gasteiger partial charge in [0.15, 0.2) is 0 Å². The summed E-state index contributed by atoms with van der Waals surface area (Å²) in [5.74, 6) is 0.